The lowest BCUT2D eigenvalue weighted by Gasteiger charge is -2.20. The molecule has 1 amide bonds. The molecule has 8 heteroatoms. The van der Waals surface area contributed by atoms with Crippen LogP contribution in [0.3, 0.4) is 0 Å². The number of nitrogens with zero attached hydrogens (tertiary/aromatic N) is 1. The number of amides is 1. The normalized spacial score (nSPS) is 13.2. The molecular weight excluding hydrogens is 475 g/mol. The number of benzene rings is 1. The maximum Gasteiger partial charge on any atom is 0.251 e. The molecule has 0 fully saturated rings. The molecule has 1 unspecified atom stereocenters. The van der Waals surface area contributed by atoms with Gasteiger partial charge < -0.3 is 21.1 Å². The molecule has 2 aromatic rings. The Morgan fingerprint density at radius 1 is 1.11 bits per heavy atom. The van der Waals surface area contributed by atoms with E-state index in [1.807, 2.05) is 42.6 Å². The van der Waals surface area contributed by atoms with Crippen molar-refractivity contribution in [3.8, 4) is 0 Å². The summed E-state index contributed by atoms with van der Waals surface area (Å²) in [7, 11) is 0. The molecular formula is C19H27IN4O2S. The molecule has 0 saturated heterocycles. The van der Waals surface area contributed by atoms with Crippen LogP contribution in [0.25, 0.3) is 0 Å². The molecule has 1 aromatic heterocycles. The summed E-state index contributed by atoms with van der Waals surface area (Å²) in [6.07, 6.45) is 0. The monoisotopic (exact) mass is 502 g/mol. The third-order valence-electron chi connectivity index (χ3n) is 3.68. The van der Waals surface area contributed by atoms with E-state index in [2.05, 4.69) is 20.9 Å². The molecule has 1 atom stereocenters. The molecule has 1 aromatic carbocycles. The zero-order valence-corrected chi connectivity index (χ0v) is 18.7. The fourth-order valence-corrected chi connectivity index (χ4v) is 3.07. The molecule has 0 spiro atoms. The summed E-state index contributed by atoms with van der Waals surface area (Å²) in [6, 6.07) is 12.9. The van der Waals surface area contributed by atoms with Crippen molar-refractivity contribution < 1.29 is 9.90 Å². The SMILES string of the molecule is CCNC(=NCC(C)(O)c1cccs1)NCCNC(=O)c1ccccc1.I. The highest BCUT2D eigenvalue weighted by Gasteiger charge is 2.23. The van der Waals surface area contributed by atoms with Crippen molar-refractivity contribution in [1.82, 2.24) is 16.0 Å². The average Bonchev–Trinajstić information content (AvgIpc) is 3.19. The van der Waals surface area contributed by atoms with Gasteiger partial charge in [0.2, 0.25) is 0 Å². The van der Waals surface area contributed by atoms with Crippen molar-refractivity contribution in [3.63, 3.8) is 0 Å². The Hall–Kier alpha value is -1.65. The maximum atomic E-state index is 12.0. The van der Waals surface area contributed by atoms with Crippen molar-refractivity contribution in [2.75, 3.05) is 26.2 Å². The van der Waals surface area contributed by atoms with Crippen LogP contribution in [-0.4, -0.2) is 43.2 Å². The lowest BCUT2D eigenvalue weighted by atomic mass is 10.1. The molecule has 0 radical (unpaired) electrons. The van der Waals surface area contributed by atoms with Gasteiger partial charge in [0.05, 0.1) is 6.54 Å². The van der Waals surface area contributed by atoms with E-state index in [1.165, 1.54) is 11.3 Å². The first kappa shape index (κ1) is 23.4. The molecule has 1 heterocycles. The van der Waals surface area contributed by atoms with Crippen LogP contribution >= 0.6 is 35.3 Å². The number of rotatable bonds is 8. The van der Waals surface area contributed by atoms with Crippen molar-refractivity contribution >= 4 is 47.2 Å². The Bertz CT molecular complexity index is 706. The van der Waals surface area contributed by atoms with Gasteiger partial charge >= 0.3 is 0 Å². The van der Waals surface area contributed by atoms with E-state index in [0.717, 1.165) is 4.88 Å². The van der Waals surface area contributed by atoms with Gasteiger partial charge in [0, 0.05) is 30.1 Å². The Labute approximate surface area is 181 Å². The van der Waals surface area contributed by atoms with Gasteiger partial charge in [-0.15, -0.1) is 35.3 Å². The van der Waals surface area contributed by atoms with Gasteiger partial charge in [0.1, 0.15) is 5.60 Å². The number of carbonyl (C=O) groups is 1. The number of aliphatic imine (C=N–C) groups is 1. The molecule has 148 valence electrons. The van der Waals surface area contributed by atoms with Gasteiger partial charge in [-0.05, 0) is 37.4 Å². The fourth-order valence-electron chi connectivity index (χ4n) is 2.29. The Kier molecular flexibility index (Phi) is 10.3. The van der Waals surface area contributed by atoms with Gasteiger partial charge in [-0.3, -0.25) is 4.79 Å². The van der Waals surface area contributed by atoms with E-state index in [0.29, 0.717) is 31.2 Å². The number of nitrogens with one attached hydrogen (secondary N) is 3. The highest BCUT2D eigenvalue weighted by molar-refractivity contribution is 14.0. The molecule has 0 bridgehead atoms. The Morgan fingerprint density at radius 2 is 1.81 bits per heavy atom. The smallest absolute Gasteiger partial charge is 0.251 e. The molecule has 0 saturated carbocycles. The zero-order valence-electron chi connectivity index (χ0n) is 15.6. The highest BCUT2D eigenvalue weighted by Crippen LogP contribution is 2.25. The lowest BCUT2D eigenvalue weighted by molar-refractivity contribution is 0.0711. The number of hydrogen-bond acceptors (Lipinski definition) is 4. The number of aliphatic hydroxyl groups is 1. The summed E-state index contributed by atoms with van der Waals surface area (Å²) in [6.45, 7) is 5.70. The van der Waals surface area contributed by atoms with E-state index in [1.54, 1.807) is 19.1 Å². The van der Waals surface area contributed by atoms with Gasteiger partial charge in [-0.2, -0.15) is 0 Å². The second-order valence-corrected chi connectivity index (χ2v) is 6.94. The van der Waals surface area contributed by atoms with Gasteiger partial charge in [-0.25, -0.2) is 4.99 Å². The average molecular weight is 502 g/mol. The van der Waals surface area contributed by atoms with Crippen LogP contribution < -0.4 is 16.0 Å². The second kappa shape index (κ2) is 11.9. The van der Waals surface area contributed by atoms with Crippen LogP contribution in [0.2, 0.25) is 0 Å². The largest absolute Gasteiger partial charge is 0.383 e. The number of thiophene rings is 1. The van der Waals surface area contributed by atoms with Crippen LogP contribution in [-0.2, 0) is 5.60 Å². The highest BCUT2D eigenvalue weighted by atomic mass is 127. The molecule has 0 aliphatic carbocycles. The Morgan fingerprint density at radius 3 is 2.44 bits per heavy atom. The minimum Gasteiger partial charge on any atom is -0.383 e. The van der Waals surface area contributed by atoms with Crippen LogP contribution in [0.4, 0.5) is 0 Å². The first-order valence-electron chi connectivity index (χ1n) is 8.64. The van der Waals surface area contributed by atoms with E-state index in [4.69, 9.17) is 0 Å². The third-order valence-corrected chi connectivity index (χ3v) is 4.80. The van der Waals surface area contributed by atoms with E-state index in [9.17, 15) is 9.90 Å². The first-order chi connectivity index (χ1) is 12.5. The van der Waals surface area contributed by atoms with Crippen LogP contribution in [0.1, 0.15) is 29.1 Å². The topological polar surface area (TPSA) is 85.8 Å². The summed E-state index contributed by atoms with van der Waals surface area (Å²) < 4.78 is 0. The van der Waals surface area contributed by atoms with Gasteiger partial charge in [0.25, 0.3) is 5.91 Å². The summed E-state index contributed by atoms with van der Waals surface area (Å²) in [4.78, 5) is 17.3. The summed E-state index contributed by atoms with van der Waals surface area (Å²) in [5.74, 6) is 0.508. The number of carbonyl (C=O) groups excluding carboxylic acids is 1. The molecule has 0 aliphatic rings. The lowest BCUT2D eigenvalue weighted by Crippen LogP contribution is -2.42. The molecule has 2 rings (SSSR count). The standard InChI is InChI=1S/C19H26N4O2S.HI/c1-3-20-18(23-14-19(2,25)16-10-7-13-26-16)22-12-11-21-17(24)15-8-5-4-6-9-15;/h4-10,13,25H,3,11-12,14H2,1-2H3,(H,21,24)(H2,20,22,23);1H. The minimum atomic E-state index is -1.00. The summed E-state index contributed by atoms with van der Waals surface area (Å²) >= 11 is 1.51. The number of halogens is 1. The van der Waals surface area contributed by atoms with Crippen molar-refractivity contribution in [2.24, 2.45) is 4.99 Å². The van der Waals surface area contributed by atoms with Crippen molar-refractivity contribution in [3.05, 3.63) is 58.3 Å². The van der Waals surface area contributed by atoms with Crippen LogP contribution in [0.15, 0.2) is 52.8 Å². The maximum absolute atomic E-state index is 12.0. The van der Waals surface area contributed by atoms with Crippen molar-refractivity contribution in [2.45, 2.75) is 19.4 Å². The zero-order chi connectivity index (χ0) is 18.8. The molecule has 6 nitrogen and oxygen atoms in total. The van der Waals surface area contributed by atoms with Crippen LogP contribution in [0.5, 0.6) is 0 Å². The predicted octanol–water partition coefficient (Wildman–Crippen LogP) is 2.56. The molecule has 4 N–H and O–H groups in total. The van der Waals surface area contributed by atoms with Crippen LogP contribution in [0, 0.1) is 0 Å². The third kappa shape index (κ3) is 7.86. The van der Waals surface area contributed by atoms with E-state index < -0.39 is 5.60 Å². The van der Waals surface area contributed by atoms with E-state index in [-0.39, 0.29) is 36.4 Å². The number of hydrogen-bond donors (Lipinski definition) is 4. The van der Waals surface area contributed by atoms with Gasteiger partial charge in [-0.1, -0.05) is 24.3 Å². The molecule has 0 aliphatic heterocycles. The Balaban J connectivity index is 0.00000364. The predicted molar refractivity (Wildman–Crippen MR) is 122 cm³/mol. The summed E-state index contributed by atoms with van der Waals surface area (Å²) in [5, 5.41) is 21.6. The fraction of sp³-hybridized carbons (Fsp3) is 0.368. The quantitative estimate of drug-likeness (QED) is 0.194. The van der Waals surface area contributed by atoms with Crippen molar-refractivity contribution in [1.29, 1.82) is 0 Å². The summed E-state index contributed by atoms with van der Waals surface area (Å²) in [5.41, 5.74) is -0.363. The second-order valence-electron chi connectivity index (χ2n) is 6.00. The van der Waals surface area contributed by atoms with Gasteiger partial charge in [0.15, 0.2) is 5.96 Å². The number of guanidine groups is 1. The van der Waals surface area contributed by atoms with E-state index >= 15 is 0 Å². The molecule has 27 heavy (non-hydrogen) atoms. The first-order valence-corrected chi connectivity index (χ1v) is 9.52. The minimum absolute atomic E-state index is 0.